The first-order chi connectivity index (χ1) is 9.69. The van der Waals surface area contributed by atoms with Crippen molar-refractivity contribution in [2.45, 2.75) is 6.54 Å². The third kappa shape index (κ3) is 3.56. The van der Waals surface area contributed by atoms with Crippen LogP contribution < -0.4 is 5.32 Å². The zero-order valence-electron chi connectivity index (χ0n) is 10.5. The highest BCUT2D eigenvalue weighted by molar-refractivity contribution is 6.01. The van der Waals surface area contributed by atoms with Gasteiger partial charge < -0.3 is 9.73 Å². The van der Waals surface area contributed by atoms with E-state index in [-0.39, 0.29) is 12.1 Å². The van der Waals surface area contributed by atoms with Crippen LogP contribution in [0.1, 0.15) is 11.3 Å². The monoisotopic (exact) mass is 270 g/mol. The van der Waals surface area contributed by atoms with Crippen molar-refractivity contribution in [3.63, 3.8) is 0 Å². The molecule has 20 heavy (non-hydrogen) atoms. The smallest absolute Gasteiger partial charge is 0.262 e. The van der Waals surface area contributed by atoms with Gasteiger partial charge >= 0.3 is 0 Å². The minimum atomic E-state index is -0.534. The molecule has 0 atom stereocenters. The average Bonchev–Trinajstić information content (AvgIpc) is 2.95. The number of nitriles is 1. The molecule has 0 fully saturated rings. The number of benzene rings is 1. The van der Waals surface area contributed by atoms with Crippen molar-refractivity contribution in [2.75, 3.05) is 0 Å². The Balaban J connectivity index is 2.07. The van der Waals surface area contributed by atoms with Gasteiger partial charge in [0.1, 0.15) is 23.2 Å². The summed E-state index contributed by atoms with van der Waals surface area (Å²) in [5.74, 6) is -0.374. The van der Waals surface area contributed by atoms with E-state index < -0.39 is 11.7 Å². The van der Waals surface area contributed by atoms with E-state index in [9.17, 15) is 9.18 Å². The summed E-state index contributed by atoms with van der Waals surface area (Å²) >= 11 is 0. The van der Waals surface area contributed by atoms with Gasteiger partial charge in [0, 0.05) is 0 Å². The molecule has 0 aliphatic carbocycles. The van der Waals surface area contributed by atoms with Crippen LogP contribution in [-0.4, -0.2) is 5.91 Å². The predicted molar refractivity (Wildman–Crippen MR) is 70.5 cm³/mol. The molecular weight excluding hydrogens is 259 g/mol. The first-order valence-electron chi connectivity index (χ1n) is 5.87. The van der Waals surface area contributed by atoms with E-state index in [0.717, 1.165) is 0 Å². The molecule has 0 spiro atoms. The molecule has 1 N–H and O–H groups in total. The Morgan fingerprint density at radius 3 is 2.90 bits per heavy atom. The van der Waals surface area contributed by atoms with E-state index in [4.69, 9.17) is 9.68 Å². The molecule has 0 radical (unpaired) electrons. The third-order valence-electron chi connectivity index (χ3n) is 2.53. The van der Waals surface area contributed by atoms with Crippen LogP contribution >= 0.6 is 0 Å². The quantitative estimate of drug-likeness (QED) is 0.686. The van der Waals surface area contributed by atoms with Crippen molar-refractivity contribution >= 4 is 12.0 Å². The van der Waals surface area contributed by atoms with Crippen LogP contribution in [0.5, 0.6) is 0 Å². The molecule has 0 saturated carbocycles. The van der Waals surface area contributed by atoms with Crippen LogP contribution in [0.3, 0.4) is 0 Å². The van der Waals surface area contributed by atoms with Crippen molar-refractivity contribution in [1.82, 2.24) is 5.32 Å². The summed E-state index contributed by atoms with van der Waals surface area (Å²) in [4.78, 5) is 11.8. The molecule has 2 rings (SSSR count). The lowest BCUT2D eigenvalue weighted by Gasteiger charge is -2.02. The van der Waals surface area contributed by atoms with Crippen molar-refractivity contribution in [1.29, 1.82) is 5.26 Å². The lowest BCUT2D eigenvalue weighted by atomic mass is 10.1. The summed E-state index contributed by atoms with van der Waals surface area (Å²) < 4.78 is 18.1. The standard InChI is InChI=1S/C15H11FN2O2/c16-13-4-1-3-11(8-13)7-12(9-17)15(19)18-10-14-5-2-6-20-14/h1-8H,10H2,(H,18,19)/b12-7+. The van der Waals surface area contributed by atoms with Gasteiger partial charge in [-0.1, -0.05) is 12.1 Å². The lowest BCUT2D eigenvalue weighted by molar-refractivity contribution is -0.117. The number of nitrogens with one attached hydrogen (secondary N) is 1. The first-order valence-corrected chi connectivity index (χ1v) is 5.87. The summed E-state index contributed by atoms with van der Waals surface area (Å²) in [7, 11) is 0. The second-order valence-electron chi connectivity index (χ2n) is 3.99. The highest BCUT2D eigenvalue weighted by Gasteiger charge is 2.09. The van der Waals surface area contributed by atoms with Gasteiger partial charge in [0.25, 0.3) is 5.91 Å². The first kappa shape index (κ1) is 13.6. The fraction of sp³-hybridized carbons (Fsp3) is 0.0667. The summed E-state index contributed by atoms with van der Waals surface area (Å²) in [6.07, 6.45) is 2.83. The molecule has 1 amide bonds. The molecule has 4 nitrogen and oxygen atoms in total. The zero-order valence-corrected chi connectivity index (χ0v) is 10.5. The van der Waals surface area contributed by atoms with Crippen LogP contribution in [0.2, 0.25) is 0 Å². The number of carbonyl (C=O) groups is 1. The Morgan fingerprint density at radius 1 is 1.40 bits per heavy atom. The van der Waals surface area contributed by atoms with Gasteiger partial charge in [0.15, 0.2) is 0 Å². The minimum absolute atomic E-state index is 0.0952. The summed E-state index contributed by atoms with van der Waals surface area (Å²) in [6.45, 7) is 0.188. The average molecular weight is 270 g/mol. The van der Waals surface area contributed by atoms with Gasteiger partial charge in [-0.25, -0.2) is 4.39 Å². The molecule has 0 unspecified atom stereocenters. The molecule has 1 aromatic heterocycles. The normalized spacial score (nSPS) is 10.9. The molecule has 1 heterocycles. The Bertz CT molecular complexity index is 669. The number of amides is 1. The Morgan fingerprint density at radius 2 is 2.25 bits per heavy atom. The fourth-order valence-corrected chi connectivity index (χ4v) is 1.59. The molecule has 0 aliphatic rings. The van der Waals surface area contributed by atoms with Crippen LogP contribution in [-0.2, 0) is 11.3 Å². The highest BCUT2D eigenvalue weighted by atomic mass is 19.1. The Kier molecular flexibility index (Phi) is 4.30. The maximum absolute atomic E-state index is 13.0. The Hall–Kier alpha value is -2.87. The van der Waals surface area contributed by atoms with Gasteiger partial charge in [0.2, 0.25) is 0 Å². The number of halogens is 1. The molecule has 0 aliphatic heterocycles. The van der Waals surface area contributed by atoms with Crippen LogP contribution in [0.4, 0.5) is 4.39 Å². The number of hydrogen-bond donors (Lipinski definition) is 1. The summed E-state index contributed by atoms with van der Waals surface area (Å²) in [5, 5.41) is 11.5. The topological polar surface area (TPSA) is 66.0 Å². The van der Waals surface area contributed by atoms with E-state index in [0.29, 0.717) is 11.3 Å². The van der Waals surface area contributed by atoms with E-state index in [2.05, 4.69) is 5.32 Å². The fourth-order valence-electron chi connectivity index (χ4n) is 1.59. The second-order valence-corrected chi connectivity index (χ2v) is 3.99. The summed E-state index contributed by atoms with van der Waals surface area (Å²) in [6, 6.07) is 10.9. The molecule has 0 bridgehead atoms. The lowest BCUT2D eigenvalue weighted by Crippen LogP contribution is -2.23. The Labute approximate surface area is 115 Å². The highest BCUT2D eigenvalue weighted by Crippen LogP contribution is 2.09. The second kappa shape index (κ2) is 6.34. The molecule has 100 valence electrons. The van der Waals surface area contributed by atoms with E-state index >= 15 is 0 Å². The van der Waals surface area contributed by atoms with E-state index in [1.807, 2.05) is 0 Å². The summed E-state index contributed by atoms with van der Waals surface area (Å²) in [5.41, 5.74) is 0.358. The van der Waals surface area contributed by atoms with Crippen LogP contribution in [0.15, 0.2) is 52.7 Å². The van der Waals surface area contributed by atoms with Crippen LogP contribution in [0.25, 0.3) is 6.08 Å². The molecule has 2 aromatic rings. The minimum Gasteiger partial charge on any atom is -0.467 e. The predicted octanol–water partition coefficient (Wildman–Crippen LogP) is 2.64. The van der Waals surface area contributed by atoms with Gasteiger partial charge in [-0.2, -0.15) is 5.26 Å². The number of rotatable bonds is 4. The molecule has 0 saturated heterocycles. The zero-order chi connectivity index (χ0) is 14.4. The van der Waals surface area contributed by atoms with Gasteiger partial charge in [0.05, 0.1) is 12.8 Å². The van der Waals surface area contributed by atoms with Crippen LogP contribution in [0, 0.1) is 17.1 Å². The third-order valence-corrected chi connectivity index (χ3v) is 2.53. The van der Waals surface area contributed by atoms with Crippen molar-refractivity contribution in [2.24, 2.45) is 0 Å². The van der Waals surface area contributed by atoms with Gasteiger partial charge in [-0.05, 0) is 35.9 Å². The molecular formula is C15H11FN2O2. The maximum Gasteiger partial charge on any atom is 0.262 e. The van der Waals surface area contributed by atoms with Crippen molar-refractivity contribution in [3.05, 3.63) is 65.4 Å². The van der Waals surface area contributed by atoms with Crippen molar-refractivity contribution < 1.29 is 13.6 Å². The van der Waals surface area contributed by atoms with E-state index in [1.54, 1.807) is 24.3 Å². The number of furan rings is 1. The number of nitrogens with zero attached hydrogens (tertiary/aromatic N) is 1. The number of hydrogen-bond acceptors (Lipinski definition) is 3. The van der Waals surface area contributed by atoms with Gasteiger partial charge in [-0.3, -0.25) is 4.79 Å². The maximum atomic E-state index is 13.0. The van der Waals surface area contributed by atoms with Crippen molar-refractivity contribution in [3.8, 4) is 6.07 Å². The number of carbonyl (C=O) groups excluding carboxylic acids is 1. The SMILES string of the molecule is N#C/C(=C\c1cccc(F)c1)C(=O)NCc1ccco1. The molecule has 1 aromatic carbocycles. The van der Waals surface area contributed by atoms with Gasteiger partial charge in [-0.15, -0.1) is 0 Å². The largest absolute Gasteiger partial charge is 0.467 e. The van der Waals surface area contributed by atoms with E-state index in [1.165, 1.54) is 30.5 Å². The molecule has 5 heteroatoms.